The van der Waals surface area contributed by atoms with E-state index in [2.05, 4.69) is 5.10 Å². The average molecular weight is 378 g/mol. The highest BCUT2D eigenvalue weighted by molar-refractivity contribution is 6.01. The number of ether oxygens (including phenoxy) is 2. The Morgan fingerprint density at radius 3 is 2.25 bits per heavy atom. The second-order valence-corrected chi connectivity index (χ2v) is 6.43. The molecule has 1 atom stereocenters. The van der Waals surface area contributed by atoms with Crippen LogP contribution in [0.4, 0.5) is 0 Å². The molecule has 2 aromatic carbocycles. The number of Topliss-reactive ketones (excluding diaryl/α,β-unsaturated/α-hetero) is 1. The molecule has 0 N–H and O–H groups in total. The smallest absolute Gasteiger partial charge is 0.342 e. The third-order valence-corrected chi connectivity index (χ3v) is 4.52. The summed E-state index contributed by atoms with van der Waals surface area (Å²) in [4.78, 5) is 25.3. The van der Waals surface area contributed by atoms with Crippen LogP contribution in [0, 0.1) is 13.8 Å². The number of aryl methyl sites for hydroxylation is 1. The number of carbonyl (C=O) groups is 2. The molecule has 0 saturated carbocycles. The second-order valence-electron chi connectivity index (χ2n) is 6.43. The maximum atomic E-state index is 12.7. The van der Waals surface area contributed by atoms with Crippen LogP contribution in [0.5, 0.6) is 5.75 Å². The number of nitrogens with zero attached hydrogens (tertiary/aromatic N) is 2. The molecule has 3 rings (SSSR count). The number of hydrogen-bond donors (Lipinski definition) is 0. The van der Waals surface area contributed by atoms with Crippen molar-refractivity contribution in [1.29, 1.82) is 0 Å². The predicted octanol–water partition coefficient (Wildman–Crippen LogP) is 3.93. The first kappa shape index (κ1) is 19.4. The molecule has 28 heavy (non-hydrogen) atoms. The van der Waals surface area contributed by atoms with Crippen molar-refractivity contribution in [3.05, 3.63) is 77.1 Å². The van der Waals surface area contributed by atoms with Gasteiger partial charge in [-0.05, 0) is 57.2 Å². The first-order chi connectivity index (χ1) is 13.4. The highest BCUT2D eigenvalue weighted by Gasteiger charge is 2.25. The Labute approximate surface area is 163 Å². The van der Waals surface area contributed by atoms with Gasteiger partial charge in [-0.3, -0.25) is 4.79 Å². The minimum Gasteiger partial charge on any atom is -0.497 e. The van der Waals surface area contributed by atoms with Crippen molar-refractivity contribution in [2.24, 2.45) is 0 Å². The molecule has 0 bridgehead atoms. The van der Waals surface area contributed by atoms with Gasteiger partial charge in [-0.15, -0.1) is 0 Å². The molecular weight excluding hydrogens is 356 g/mol. The van der Waals surface area contributed by atoms with Gasteiger partial charge in [-0.25, -0.2) is 9.48 Å². The van der Waals surface area contributed by atoms with Gasteiger partial charge < -0.3 is 9.47 Å². The highest BCUT2D eigenvalue weighted by atomic mass is 16.5. The Kier molecular flexibility index (Phi) is 5.59. The fourth-order valence-corrected chi connectivity index (χ4v) is 3.02. The molecular formula is C22H22N2O4. The summed E-state index contributed by atoms with van der Waals surface area (Å²) < 4.78 is 12.2. The lowest BCUT2D eigenvalue weighted by Gasteiger charge is -2.13. The van der Waals surface area contributed by atoms with Crippen LogP contribution in [0.2, 0.25) is 0 Å². The normalized spacial score (nSPS) is 11.7. The van der Waals surface area contributed by atoms with Gasteiger partial charge in [0.2, 0.25) is 5.78 Å². The van der Waals surface area contributed by atoms with Gasteiger partial charge in [0.15, 0.2) is 6.10 Å². The number of hydrogen-bond acceptors (Lipinski definition) is 5. The number of carbonyl (C=O) groups excluding carboxylic acids is 2. The second kappa shape index (κ2) is 8.08. The molecule has 1 unspecified atom stereocenters. The Morgan fingerprint density at radius 1 is 1.00 bits per heavy atom. The van der Waals surface area contributed by atoms with Crippen LogP contribution in [0.3, 0.4) is 0 Å². The Hall–Kier alpha value is -3.41. The molecule has 0 aliphatic rings. The summed E-state index contributed by atoms with van der Waals surface area (Å²) in [6, 6.07) is 16.2. The van der Waals surface area contributed by atoms with E-state index in [0.29, 0.717) is 28.3 Å². The minimum atomic E-state index is -0.917. The van der Waals surface area contributed by atoms with Gasteiger partial charge in [0, 0.05) is 5.56 Å². The molecule has 0 aliphatic heterocycles. The van der Waals surface area contributed by atoms with Crippen LogP contribution in [0.15, 0.2) is 54.6 Å². The highest BCUT2D eigenvalue weighted by Crippen LogP contribution is 2.20. The molecule has 3 aromatic rings. The van der Waals surface area contributed by atoms with Crippen molar-refractivity contribution >= 4 is 11.8 Å². The largest absolute Gasteiger partial charge is 0.497 e. The van der Waals surface area contributed by atoms with Gasteiger partial charge in [-0.2, -0.15) is 5.10 Å². The van der Waals surface area contributed by atoms with Crippen LogP contribution in [0.25, 0.3) is 5.69 Å². The molecule has 0 saturated heterocycles. The van der Waals surface area contributed by atoms with Gasteiger partial charge in [0.25, 0.3) is 0 Å². The topological polar surface area (TPSA) is 70.4 Å². The molecule has 0 amide bonds. The summed E-state index contributed by atoms with van der Waals surface area (Å²) in [5.74, 6) is -0.186. The predicted molar refractivity (Wildman–Crippen MR) is 105 cm³/mol. The van der Waals surface area contributed by atoms with E-state index in [9.17, 15) is 9.59 Å². The van der Waals surface area contributed by atoms with Gasteiger partial charge >= 0.3 is 5.97 Å². The molecule has 1 heterocycles. The van der Waals surface area contributed by atoms with E-state index in [0.717, 1.165) is 5.69 Å². The van der Waals surface area contributed by atoms with Crippen molar-refractivity contribution in [2.45, 2.75) is 26.9 Å². The summed E-state index contributed by atoms with van der Waals surface area (Å²) in [5.41, 5.74) is 2.89. The monoisotopic (exact) mass is 378 g/mol. The van der Waals surface area contributed by atoms with E-state index >= 15 is 0 Å². The van der Waals surface area contributed by atoms with Crippen LogP contribution in [-0.4, -0.2) is 34.7 Å². The van der Waals surface area contributed by atoms with E-state index in [1.165, 1.54) is 0 Å². The summed E-state index contributed by atoms with van der Waals surface area (Å²) in [6.07, 6.45) is -0.917. The zero-order valence-corrected chi connectivity index (χ0v) is 16.3. The summed E-state index contributed by atoms with van der Waals surface area (Å²) in [6.45, 7) is 5.12. The maximum absolute atomic E-state index is 12.7. The zero-order valence-electron chi connectivity index (χ0n) is 16.3. The number of para-hydroxylation sites is 1. The third kappa shape index (κ3) is 3.81. The van der Waals surface area contributed by atoms with E-state index in [1.807, 2.05) is 30.3 Å². The Bertz CT molecular complexity index is 991. The average Bonchev–Trinajstić information content (AvgIpc) is 3.02. The standard InChI is InChI=1S/C22H22N2O4/c1-14-20(15(2)24(23-14)18-8-6-5-7-9-18)22(26)28-16(3)21(25)17-10-12-19(27-4)13-11-17/h5-13,16H,1-4H3. The number of esters is 1. The lowest BCUT2D eigenvalue weighted by Crippen LogP contribution is -2.25. The molecule has 6 nitrogen and oxygen atoms in total. The number of aromatic nitrogens is 2. The molecule has 0 fully saturated rings. The maximum Gasteiger partial charge on any atom is 0.342 e. The number of rotatable bonds is 6. The van der Waals surface area contributed by atoms with Crippen LogP contribution in [-0.2, 0) is 4.74 Å². The first-order valence-electron chi connectivity index (χ1n) is 8.93. The fraction of sp³-hybridized carbons (Fsp3) is 0.227. The molecule has 144 valence electrons. The van der Waals surface area contributed by atoms with E-state index in [-0.39, 0.29) is 5.78 Å². The number of methoxy groups -OCH3 is 1. The zero-order chi connectivity index (χ0) is 20.3. The molecule has 6 heteroatoms. The SMILES string of the molecule is COc1ccc(C(=O)C(C)OC(=O)c2c(C)nn(-c3ccccc3)c2C)cc1. The van der Waals surface area contributed by atoms with Crippen molar-refractivity contribution in [3.63, 3.8) is 0 Å². The van der Waals surface area contributed by atoms with Crippen molar-refractivity contribution < 1.29 is 19.1 Å². The summed E-state index contributed by atoms with van der Waals surface area (Å²) >= 11 is 0. The fourth-order valence-electron chi connectivity index (χ4n) is 3.02. The van der Waals surface area contributed by atoms with Gasteiger partial charge in [0.05, 0.1) is 24.2 Å². The summed E-state index contributed by atoms with van der Waals surface area (Å²) in [7, 11) is 1.56. The molecule has 0 radical (unpaired) electrons. The lowest BCUT2D eigenvalue weighted by atomic mass is 10.1. The molecule has 0 aliphatic carbocycles. The van der Waals surface area contributed by atoms with Gasteiger partial charge in [-0.1, -0.05) is 18.2 Å². The minimum absolute atomic E-state index is 0.276. The Balaban J connectivity index is 1.79. The quantitative estimate of drug-likeness (QED) is 0.480. The van der Waals surface area contributed by atoms with Crippen LogP contribution < -0.4 is 4.74 Å². The van der Waals surface area contributed by atoms with E-state index in [1.54, 1.807) is 56.8 Å². The van der Waals surface area contributed by atoms with Crippen molar-refractivity contribution in [1.82, 2.24) is 9.78 Å². The third-order valence-electron chi connectivity index (χ3n) is 4.52. The molecule has 0 spiro atoms. The van der Waals surface area contributed by atoms with Crippen LogP contribution >= 0.6 is 0 Å². The Morgan fingerprint density at radius 2 is 1.64 bits per heavy atom. The lowest BCUT2D eigenvalue weighted by molar-refractivity contribution is 0.0317. The van der Waals surface area contributed by atoms with Crippen LogP contribution in [0.1, 0.15) is 39.0 Å². The number of ketones is 1. The molecule has 1 aromatic heterocycles. The van der Waals surface area contributed by atoms with Gasteiger partial charge in [0.1, 0.15) is 11.3 Å². The van der Waals surface area contributed by atoms with Crippen molar-refractivity contribution in [2.75, 3.05) is 7.11 Å². The number of benzene rings is 2. The summed E-state index contributed by atoms with van der Waals surface area (Å²) in [5, 5.41) is 4.45. The van der Waals surface area contributed by atoms with E-state index < -0.39 is 12.1 Å². The van der Waals surface area contributed by atoms with E-state index in [4.69, 9.17) is 9.47 Å². The first-order valence-corrected chi connectivity index (χ1v) is 8.93. The van der Waals surface area contributed by atoms with Crippen molar-refractivity contribution in [3.8, 4) is 11.4 Å².